The van der Waals surface area contributed by atoms with Gasteiger partial charge in [0, 0.05) is 12.1 Å². The number of likely N-dealkylation sites (N-methyl/N-ethyl adjacent to an activating group) is 1. The molecule has 0 heterocycles. The minimum atomic E-state index is 0.485. The van der Waals surface area contributed by atoms with Crippen molar-refractivity contribution in [3.63, 3.8) is 0 Å². The van der Waals surface area contributed by atoms with Gasteiger partial charge in [0.05, 0.1) is 0 Å². The number of benzene rings is 1. The second kappa shape index (κ2) is 7.24. The normalized spacial score (nSPS) is 25.8. The molecule has 0 saturated heterocycles. The molecule has 112 valence electrons. The summed E-state index contributed by atoms with van der Waals surface area (Å²) < 4.78 is 0. The third-order valence-corrected chi connectivity index (χ3v) is 4.60. The summed E-state index contributed by atoms with van der Waals surface area (Å²) >= 11 is 0. The van der Waals surface area contributed by atoms with Gasteiger partial charge in [0.2, 0.25) is 0 Å². The second-order valence-electron chi connectivity index (χ2n) is 6.25. The summed E-state index contributed by atoms with van der Waals surface area (Å²) in [4.78, 5) is 2.56. The molecule has 1 aromatic rings. The molecule has 0 fully saturated rings. The summed E-state index contributed by atoms with van der Waals surface area (Å²) in [5.74, 6) is 0.662. The van der Waals surface area contributed by atoms with Crippen LogP contribution in [0.15, 0.2) is 24.3 Å². The molecule has 0 amide bonds. The monoisotopic (exact) mass is 274 g/mol. The van der Waals surface area contributed by atoms with Gasteiger partial charge in [0.15, 0.2) is 0 Å². The Balaban J connectivity index is 2.28. The van der Waals surface area contributed by atoms with Crippen molar-refractivity contribution < 1.29 is 0 Å². The van der Waals surface area contributed by atoms with Crippen LogP contribution in [-0.2, 0) is 0 Å². The van der Waals surface area contributed by atoms with Crippen molar-refractivity contribution in [2.45, 2.75) is 58.0 Å². The standard InChI is InChI=1S/C18H30N2/c1-5-11-19-18-16-10-8-7-9-15(16)14(3)13-17(18)20(4)12-6-2/h7-10,14,17-19H,5-6,11-13H2,1-4H3. The van der Waals surface area contributed by atoms with E-state index in [1.54, 1.807) is 5.56 Å². The maximum absolute atomic E-state index is 3.80. The van der Waals surface area contributed by atoms with Crippen LogP contribution in [0.4, 0.5) is 0 Å². The third-order valence-electron chi connectivity index (χ3n) is 4.60. The van der Waals surface area contributed by atoms with Gasteiger partial charge in [-0.2, -0.15) is 0 Å². The second-order valence-corrected chi connectivity index (χ2v) is 6.25. The van der Waals surface area contributed by atoms with Gasteiger partial charge in [0.25, 0.3) is 0 Å². The Bertz CT molecular complexity index is 416. The maximum atomic E-state index is 3.80. The van der Waals surface area contributed by atoms with Crippen molar-refractivity contribution in [3.8, 4) is 0 Å². The molecule has 0 aliphatic heterocycles. The topological polar surface area (TPSA) is 15.3 Å². The van der Waals surface area contributed by atoms with Gasteiger partial charge < -0.3 is 10.2 Å². The van der Waals surface area contributed by atoms with Crippen LogP contribution in [0, 0.1) is 0 Å². The van der Waals surface area contributed by atoms with E-state index in [4.69, 9.17) is 0 Å². The Morgan fingerprint density at radius 2 is 1.85 bits per heavy atom. The lowest BCUT2D eigenvalue weighted by Gasteiger charge is -2.42. The first-order valence-corrected chi connectivity index (χ1v) is 8.21. The van der Waals surface area contributed by atoms with E-state index in [2.05, 4.69) is 62.3 Å². The Kier molecular flexibility index (Phi) is 5.62. The van der Waals surface area contributed by atoms with Crippen molar-refractivity contribution in [3.05, 3.63) is 35.4 Å². The van der Waals surface area contributed by atoms with Crippen molar-refractivity contribution >= 4 is 0 Å². The van der Waals surface area contributed by atoms with Crippen LogP contribution in [0.25, 0.3) is 0 Å². The van der Waals surface area contributed by atoms with E-state index >= 15 is 0 Å². The SMILES string of the molecule is CCCNC1c2ccccc2C(C)CC1N(C)CCC. The Morgan fingerprint density at radius 1 is 1.15 bits per heavy atom. The number of nitrogens with zero attached hydrogens (tertiary/aromatic N) is 1. The van der Waals surface area contributed by atoms with E-state index in [1.165, 1.54) is 31.4 Å². The Labute approximate surface area is 124 Å². The summed E-state index contributed by atoms with van der Waals surface area (Å²) in [5.41, 5.74) is 3.06. The van der Waals surface area contributed by atoms with E-state index in [0.29, 0.717) is 18.0 Å². The number of fused-ring (bicyclic) bond motifs is 1. The van der Waals surface area contributed by atoms with Crippen LogP contribution in [0.2, 0.25) is 0 Å². The highest BCUT2D eigenvalue weighted by Gasteiger charge is 2.34. The number of nitrogens with one attached hydrogen (secondary N) is 1. The zero-order chi connectivity index (χ0) is 14.5. The first-order valence-electron chi connectivity index (χ1n) is 8.21. The molecule has 0 aromatic heterocycles. The lowest BCUT2D eigenvalue weighted by Crippen LogP contribution is -2.46. The molecule has 0 radical (unpaired) electrons. The quantitative estimate of drug-likeness (QED) is 0.845. The van der Waals surface area contributed by atoms with E-state index in [0.717, 1.165) is 6.54 Å². The molecule has 20 heavy (non-hydrogen) atoms. The molecule has 2 nitrogen and oxygen atoms in total. The summed E-state index contributed by atoms with van der Waals surface area (Å²) in [6.45, 7) is 9.18. The van der Waals surface area contributed by atoms with Crippen LogP contribution < -0.4 is 5.32 Å². The van der Waals surface area contributed by atoms with Crippen LogP contribution >= 0.6 is 0 Å². The van der Waals surface area contributed by atoms with Gasteiger partial charge in [-0.3, -0.25) is 0 Å². The third kappa shape index (κ3) is 3.24. The molecule has 3 atom stereocenters. The Morgan fingerprint density at radius 3 is 2.50 bits per heavy atom. The summed E-state index contributed by atoms with van der Waals surface area (Å²) in [7, 11) is 2.29. The molecule has 1 aliphatic rings. The largest absolute Gasteiger partial charge is 0.309 e. The zero-order valence-corrected chi connectivity index (χ0v) is 13.5. The van der Waals surface area contributed by atoms with Crippen LogP contribution in [-0.4, -0.2) is 31.1 Å². The maximum Gasteiger partial charge on any atom is 0.0481 e. The van der Waals surface area contributed by atoms with Gasteiger partial charge in [-0.25, -0.2) is 0 Å². The van der Waals surface area contributed by atoms with Crippen LogP contribution in [0.3, 0.4) is 0 Å². The van der Waals surface area contributed by atoms with Crippen molar-refractivity contribution in [1.82, 2.24) is 10.2 Å². The van der Waals surface area contributed by atoms with Crippen molar-refractivity contribution in [2.75, 3.05) is 20.1 Å². The van der Waals surface area contributed by atoms with E-state index in [1.807, 2.05) is 0 Å². The van der Waals surface area contributed by atoms with E-state index < -0.39 is 0 Å². The van der Waals surface area contributed by atoms with Gasteiger partial charge in [0.1, 0.15) is 0 Å². The molecule has 2 rings (SSSR count). The fourth-order valence-electron chi connectivity index (χ4n) is 3.57. The Hall–Kier alpha value is -0.860. The first kappa shape index (κ1) is 15.5. The molecule has 1 aliphatic carbocycles. The molecule has 3 unspecified atom stereocenters. The molecular weight excluding hydrogens is 244 g/mol. The van der Waals surface area contributed by atoms with Gasteiger partial charge >= 0.3 is 0 Å². The smallest absolute Gasteiger partial charge is 0.0481 e. The summed E-state index contributed by atoms with van der Waals surface area (Å²) in [5, 5.41) is 3.80. The van der Waals surface area contributed by atoms with Crippen molar-refractivity contribution in [2.24, 2.45) is 0 Å². The fourth-order valence-corrected chi connectivity index (χ4v) is 3.57. The minimum absolute atomic E-state index is 0.485. The van der Waals surface area contributed by atoms with Gasteiger partial charge in [-0.1, -0.05) is 45.0 Å². The zero-order valence-electron chi connectivity index (χ0n) is 13.5. The number of hydrogen-bond donors (Lipinski definition) is 1. The molecular formula is C18H30N2. The highest BCUT2D eigenvalue weighted by atomic mass is 15.2. The lowest BCUT2D eigenvalue weighted by atomic mass is 9.77. The van der Waals surface area contributed by atoms with Crippen LogP contribution in [0.5, 0.6) is 0 Å². The minimum Gasteiger partial charge on any atom is -0.309 e. The van der Waals surface area contributed by atoms with Gasteiger partial charge in [-0.05, 0) is 56.4 Å². The molecule has 1 aromatic carbocycles. The average Bonchev–Trinajstić information content (AvgIpc) is 2.46. The summed E-state index contributed by atoms with van der Waals surface area (Å²) in [6, 6.07) is 10.1. The fraction of sp³-hybridized carbons (Fsp3) is 0.667. The highest BCUT2D eigenvalue weighted by molar-refractivity contribution is 5.36. The van der Waals surface area contributed by atoms with Gasteiger partial charge in [-0.15, -0.1) is 0 Å². The molecule has 0 saturated carbocycles. The molecule has 2 heteroatoms. The van der Waals surface area contributed by atoms with Crippen LogP contribution in [0.1, 0.15) is 63.1 Å². The molecule has 1 N–H and O–H groups in total. The predicted molar refractivity (Wildman–Crippen MR) is 87.2 cm³/mol. The van der Waals surface area contributed by atoms with E-state index in [-0.39, 0.29) is 0 Å². The average molecular weight is 274 g/mol. The molecule has 0 bridgehead atoms. The summed E-state index contributed by atoms with van der Waals surface area (Å²) in [6.07, 6.45) is 3.68. The number of rotatable bonds is 6. The predicted octanol–water partition coefficient (Wildman–Crippen LogP) is 3.94. The number of hydrogen-bond acceptors (Lipinski definition) is 2. The molecule has 0 spiro atoms. The highest BCUT2D eigenvalue weighted by Crippen LogP contribution is 2.39. The van der Waals surface area contributed by atoms with E-state index in [9.17, 15) is 0 Å². The first-order chi connectivity index (χ1) is 9.69. The lowest BCUT2D eigenvalue weighted by molar-refractivity contribution is 0.164. The van der Waals surface area contributed by atoms with Crippen molar-refractivity contribution in [1.29, 1.82) is 0 Å².